The van der Waals surface area contributed by atoms with Gasteiger partial charge in [0.2, 0.25) is 0 Å². The van der Waals surface area contributed by atoms with Crippen LogP contribution in [0, 0.1) is 42.0 Å². The second kappa shape index (κ2) is 26.8. The molecule has 0 radical (unpaired) electrons. The molecular weight excluding hydrogens is 983 g/mol. The molecule has 4 aromatic carbocycles. The minimum absolute atomic E-state index is 0. The molecule has 0 aromatic heterocycles. The van der Waals surface area contributed by atoms with E-state index in [1.54, 1.807) is 12.1 Å². The van der Waals surface area contributed by atoms with Crippen LogP contribution in [0.5, 0.6) is 0 Å². The van der Waals surface area contributed by atoms with Crippen molar-refractivity contribution < 1.29 is 63.5 Å². The van der Waals surface area contributed by atoms with Gasteiger partial charge in [-0.2, -0.15) is 24.0 Å². The van der Waals surface area contributed by atoms with Gasteiger partial charge in [0.15, 0.2) is 0 Å². The third-order valence-corrected chi connectivity index (χ3v) is 10.3. The maximum absolute atomic E-state index is 14.0. The van der Waals surface area contributed by atoms with Crippen LogP contribution in [0.3, 0.4) is 0 Å². The van der Waals surface area contributed by atoms with Crippen molar-refractivity contribution in [1.29, 1.82) is 0 Å². The Morgan fingerprint density at radius 2 is 0.917 bits per heavy atom. The predicted octanol–water partition coefficient (Wildman–Crippen LogP) is 14.2. The average molecular weight is 1040 g/mol. The Balaban J connectivity index is 0.000000342. The monoisotopic (exact) mass is 1030 g/mol. The number of rotatable bonds is 10. The molecule has 4 atom stereocenters. The molecule has 2 heterocycles. The molecule has 4 aromatic rings. The first-order chi connectivity index (χ1) is 27.9. The molecule has 4 unspecified atom stereocenters. The summed E-state index contributed by atoms with van der Waals surface area (Å²) in [6, 6.07) is 20.5. The van der Waals surface area contributed by atoms with Crippen molar-refractivity contribution >= 4 is 47.8 Å². The first kappa shape index (κ1) is 54.4. The van der Waals surface area contributed by atoms with Gasteiger partial charge in [-0.05, 0) is 124 Å². The molecule has 2 nitrogen and oxygen atoms in total. The largest absolute Gasteiger partial charge is 1.00 e. The second-order valence-electron chi connectivity index (χ2n) is 14.6. The van der Waals surface area contributed by atoms with Crippen molar-refractivity contribution in [3.63, 3.8) is 0 Å². The zero-order valence-corrected chi connectivity index (χ0v) is 39.2. The molecule has 0 bridgehead atoms. The minimum atomic E-state index is -3.75. The van der Waals surface area contributed by atoms with Gasteiger partial charge in [-0.15, -0.1) is 0 Å². The molecule has 6 rings (SSSR count). The third kappa shape index (κ3) is 18.9. The summed E-state index contributed by atoms with van der Waals surface area (Å²) in [6.45, 7) is 11.7. The second-order valence-corrected chi connectivity index (χ2v) is 18.7. The molecule has 0 aliphatic carbocycles. The Hall–Kier alpha value is -1.72. The van der Waals surface area contributed by atoms with Crippen LogP contribution in [0.2, 0.25) is 0 Å². The van der Waals surface area contributed by atoms with Crippen molar-refractivity contribution in [2.75, 3.05) is 13.2 Å². The number of ether oxygens (including phenoxy) is 2. The Kier molecular flexibility index (Phi) is 24.3. The molecule has 2 fully saturated rings. The van der Waals surface area contributed by atoms with Crippen LogP contribution in [0.1, 0.15) is 114 Å². The zero-order chi connectivity index (χ0) is 43.8. The molecule has 2 aliphatic rings. The molecule has 0 saturated carbocycles. The van der Waals surface area contributed by atoms with Crippen molar-refractivity contribution in [2.45, 2.75) is 106 Å². The number of alkyl halides is 7. The zero-order valence-electron chi connectivity index (χ0n) is 34.5. The van der Waals surface area contributed by atoms with Gasteiger partial charge in [-0.1, -0.05) is 88.6 Å². The van der Waals surface area contributed by atoms with Gasteiger partial charge in [-0.3, -0.25) is 0 Å². The Morgan fingerprint density at radius 3 is 1.20 bits per heavy atom. The quantitative estimate of drug-likeness (QED) is 0.0682. The standard InChI is InChI=1S/C21H21BrF4O.C20H22F2O.C4H9.CBr2F2.Li/c1-2-3-13-4-9-19(27-12-13)15-7-5-14(6-8-15)16-10-17(23)20(18(24)11-16)21(22,25)26;1-2-3-14-4-9-20(23-13-14)16-7-5-15(6-8-16)17-10-18(21)12-19(22)11-17;1-3-4-2;2-1(3,4)5;/h5-8,10-11,13,19H,2-4,9,12H2,1H3;5-8,10-12,14,20H,2-4,9,13H2,1H3;1,3-4H2,2H3;;/q;;-1;;+1. The number of halogens is 11. The summed E-state index contributed by atoms with van der Waals surface area (Å²) in [7, 11) is 0. The molecule has 14 heteroatoms. The third-order valence-electron chi connectivity index (χ3n) is 9.91. The van der Waals surface area contributed by atoms with Crippen LogP contribution in [-0.4, -0.2) is 17.0 Å². The smallest absolute Gasteiger partial charge is 0.373 e. The summed E-state index contributed by atoms with van der Waals surface area (Å²) < 4.78 is 112. The van der Waals surface area contributed by atoms with E-state index in [9.17, 15) is 35.1 Å². The van der Waals surface area contributed by atoms with Crippen LogP contribution >= 0.6 is 47.8 Å². The topological polar surface area (TPSA) is 18.5 Å². The van der Waals surface area contributed by atoms with Crippen LogP contribution in [0.15, 0.2) is 78.9 Å². The van der Waals surface area contributed by atoms with E-state index in [0.717, 1.165) is 80.2 Å². The van der Waals surface area contributed by atoms with E-state index in [1.165, 1.54) is 44.2 Å². The maximum Gasteiger partial charge on any atom is 1.00 e. The Morgan fingerprint density at radius 1 is 0.567 bits per heavy atom. The van der Waals surface area contributed by atoms with E-state index in [4.69, 9.17) is 9.47 Å². The molecule has 0 spiro atoms. The predicted molar refractivity (Wildman–Crippen MR) is 232 cm³/mol. The summed E-state index contributed by atoms with van der Waals surface area (Å²) >= 11 is 5.93. The maximum atomic E-state index is 14.0. The van der Waals surface area contributed by atoms with Gasteiger partial charge in [0, 0.05) is 37.9 Å². The van der Waals surface area contributed by atoms with Crippen LogP contribution in [-0.2, 0) is 14.3 Å². The summed E-state index contributed by atoms with van der Waals surface area (Å²) in [4.78, 5) is -3.75. The van der Waals surface area contributed by atoms with Gasteiger partial charge >= 0.3 is 27.4 Å². The van der Waals surface area contributed by atoms with Gasteiger partial charge < -0.3 is 16.4 Å². The summed E-state index contributed by atoms with van der Waals surface area (Å²) in [5.41, 5.74) is 3.01. The van der Waals surface area contributed by atoms with E-state index in [0.29, 0.717) is 23.0 Å². The van der Waals surface area contributed by atoms with E-state index in [-0.39, 0.29) is 36.6 Å². The average Bonchev–Trinajstić information content (AvgIpc) is 3.17. The van der Waals surface area contributed by atoms with E-state index < -0.39 is 37.4 Å². The Bertz CT molecular complexity index is 1770. The molecule has 0 amide bonds. The first-order valence-electron chi connectivity index (χ1n) is 19.9. The molecule has 326 valence electrons. The van der Waals surface area contributed by atoms with Crippen molar-refractivity contribution in [3.05, 3.63) is 126 Å². The Labute approximate surface area is 387 Å². The van der Waals surface area contributed by atoms with E-state index in [2.05, 4.69) is 27.7 Å². The molecule has 60 heavy (non-hydrogen) atoms. The first-order valence-corrected chi connectivity index (χ1v) is 22.3. The van der Waals surface area contributed by atoms with Crippen molar-refractivity contribution in [1.82, 2.24) is 0 Å². The number of hydrogen-bond donors (Lipinski definition) is 0. The van der Waals surface area contributed by atoms with Crippen molar-refractivity contribution in [2.24, 2.45) is 11.8 Å². The van der Waals surface area contributed by atoms with Crippen LogP contribution in [0.4, 0.5) is 35.1 Å². The number of benzene rings is 4. The van der Waals surface area contributed by atoms with Gasteiger partial charge in [0.25, 0.3) is 0 Å². The van der Waals surface area contributed by atoms with E-state index >= 15 is 0 Å². The fraction of sp³-hybridized carbons (Fsp3) is 0.457. The summed E-state index contributed by atoms with van der Waals surface area (Å²) in [5, 5.41) is 0. The number of hydrogen-bond acceptors (Lipinski definition) is 2. The van der Waals surface area contributed by atoms with Gasteiger partial charge in [-0.25, -0.2) is 17.6 Å². The fourth-order valence-corrected chi connectivity index (χ4v) is 7.30. The van der Waals surface area contributed by atoms with Gasteiger partial charge in [0.1, 0.15) is 28.8 Å². The normalized spacial score (nSPS) is 19.0. The van der Waals surface area contributed by atoms with Crippen LogP contribution in [0.25, 0.3) is 22.3 Å². The minimum Gasteiger partial charge on any atom is -0.373 e. The van der Waals surface area contributed by atoms with Gasteiger partial charge in [0.05, 0.1) is 25.4 Å². The summed E-state index contributed by atoms with van der Waals surface area (Å²) in [5.74, 6) is -2.38. The van der Waals surface area contributed by atoms with E-state index in [1.807, 2.05) is 84.2 Å². The SMILES string of the molecule is CCCC1CCC(c2ccc(-c3cc(F)c(C(F)(F)Br)c(F)c3)cc2)OC1.CCCC1CCC(c2ccc(-c3cc(F)cc(F)c3)cc2)OC1.FC(F)(Br)Br.[CH2-]CCC.[Li+]. The molecule has 0 N–H and O–H groups in total. The molecule has 2 aliphatic heterocycles. The molecule has 2 saturated heterocycles. The fourth-order valence-electron chi connectivity index (χ4n) is 6.92. The van der Waals surface area contributed by atoms with Crippen molar-refractivity contribution in [3.8, 4) is 22.3 Å². The van der Waals surface area contributed by atoms with Crippen LogP contribution < -0.4 is 18.9 Å². The summed E-state index contributed by atoms with van der Waals surface area (Å²) in [6.07, 6.45) is 11.5. The number of unbranched alkanes of at least 4 members (excludes halogenated alkanes) is 1. The molecular formula is C46H52Br3F8LiO2.